The molecule has 0 saturated heterocycles. The van der Waals surface area contributed by atoms with Crippen LogP contribution in [0.1, 0.15) is 18.2 Å². The summed E-state index contributed by atoms with van der Waals surface area (Å²) in [6.07, 6.45) is 0.776. The molecule has 0 aliphatic carbocycles. The number of ether oxygens (including phenoxy) is 1. The lowest BCUT2D eigenvalue weighted by atomic mass is 10.1. The van der Waals surface area contributed by atoms with Crippen molar-refractivity contribution in [3.8, 4) is 17.1 Å². The van der Waals surface area contributed by atoms with Crippen LogP contribution in [0.2, 0.25) is 0 Å². The van der Waals surface area contributed by atoms with Gasteiger partial charge in [0.2, 0.25) is 0 Å². The third-order valence-electron chi connectivity index (χ3n) is 3.11. The molecule has 0 atom stereocenters. The maximum absolute atomic E-state index is 13.4. The molecule has 0 unspecified atom stereocenters. The number of aromatic nitrogens is 2. The summed E-state index contributed by atoms with van der Waals surface area (Å²) in [5.74, 6) is 6.29. The molecule has 2 aromatic rings. The van der Waals surface area contributed by atoms with E-state index in [0.29, 0.717) is 17.2 Å². The van der Waals surface area contributed by atoms with Gasteiger partial charge >= 0.3 is 0 Å². The number of hydrazine groups is 1. The Kier molecular flexibility index (Phi) is 4.14. The van der Waals surface area contributed by atoms with E-state index in [1.54, 1.807) is 12.1 Å². The van der Waals surface area contributed by atoms with Gasteiger partial charge in [0.15, 0.2) is 17.4 Å². The van der Waals surface area contributed by atoms with Crippen molar-refractivity contribution < 1.29 is 9.13 Å². The highest BCUT2D eigenvalue weighted by Gasteiger charge is 2.12. The zero-order chi connectivity index (χ0) is 14.7. The molecule has 0 spiro atoms. The Hall–Kier alpha value is -2.21. The monoisotopic (exact) mass is 276 g/mol. The second-order valence-electron chi connectivity index (χ2n) is 4.31. The molecule has 0 bridgehead atoms. The zero-order valence-corrected chi connectivity index (χ0v) is 11.7. The number of hydrogen-bond donors (Lipinski definition) is 2. The molecule has 0 radical (unpaired) electrons. The van der Waals surface area contributed by atoms with Crippen molar-refractivity contribution in [2.75, 3.05) is 12.5 Å². The lowest BCUT2D eigenvalue weighted by Gasteiger charge is -2.12. The maximum Gasteiger partial charge on any atom is 0.165 e. The second kappa shape index (κ2) is 5.83. The SMILES string of the molecule is CCc1c(C)nc(-c2ccc(F)c(OC)c2)nc1NN. The third kappa shape index (κ3) is 2.55. The standard InChI is InChI=1S/C14H17FN4O/c1-4-10-8(2)17-13(18-14(10)19-16)9-5-6-11(15)12(7-9)20-3/h5-7H,4,16H2,1-3H3,(H,17,18,19). The smallest absolute Gasteiger partial charge is 0.165 e. The Balaban J connectivity index is 2.55. The summed E-state index contributed by atoms with van der Waals surface area (Å²) >= 11 is 0. The summed E-state index contributed by atoms with van der Waals surface area (Å²) in [5.41, 5.74) is 5.06. The molecular formula is C14H17FN4O. The highest BCUT2D eigenvalue weighted by Crippen LogP contribution is 2.26. The van der Waals surface area contributed by atoms with Gasteiger partial charge in [-0.2, -0.15) is 0 Å². The minimum absolute atomic E-state index is 0.158. The number of aryl methyl sites for hydroxylation is 1. The summed E-state index contributed by atoms with van der Waals surface area (Å²) in [4.78, 5) is 8.82. The molecule has 0 saturated carbocycles. The van der Waals surface area contributed by atoms with E-state index in [9.17, 15) is 4.39 Å². The van der Waals surface area contributed by atoms with Crippen LogP contribution >= 0.6 is 0 Å². The molecular weight excluding hydrogens is 259 g/mol. The Morgan fingerprint density at radius 2 is 2.10 bits per heavy atom. The Morgan fingerprint density at radius 1 is 1.35 bits per heavy atom. The number of halogens is 1. The summed E-state index contributed by atoms with van der Waals surface area (Å²) in [5, 5.41) is 0. The minimum atomic E-state index is -0.421. The van der Waals surface area contributed by atoms with E-state index < -0.39 is 5.82 Å². The van der Waals surface area contributed by atoms with Gasteiger partial charge in [0.1, 0.15) is 5.82 Å². The van der Waals surface area contributed by atoms with Crippen molar-refractivity contribution in [3.05, 3.63) is 35.3 Å². The zero-order valence-electron chi connectivity index (χ0n) is 11.7. The van der Waals surface area contributed by atoms with Crippen molar-refractivity contribution >= 4 is 5.82 Å². The fraction of sp³-hybridized carbons (Fsp3) is 0.286. The number of methoxy groups -OCH3 is 1. The Labute approximate surface area is 117 Å². The molecule has 0 aliphatic heterocycles. The summed E-state index contributed by atoms with van der Waals surface area (Å²) < 4.78 is 18.4. The van der Waals surface area contributed by atoms with Crippen LogP contribution in [-0.2, 0) is 6.42 Å². The van der Waals surface area contributed by atoms with Gasteiger partial charge in [-0.1, -0.05) is 6.92 Å². The van der Waals surface area contributed by atoms with Gasteiger partial charge < -0.3 is 10.2 Å². The van der Waals surface area contributed by atoms with Gasteiger partial charge in [0, 0.05) is 16.8 Å². The van der Waals surface area contributed by atoms with Gasteiger partial charge in [0.25, 0.3) is 0 Å². The quantitative estimate of drug-likeness (QED) is 0.663. The van der Waals surface area contributed by atoms with Crippen LogP contribution in [0.15, 0.2) is 18.2 Å². The molecule has 1 aromatic heterocycles. The third-order valence-corrected chi connectivity index (χ3v) is 3.11. The largest absolute Gasteiger partial charge is 0.494 e. The number of hydrogen-bond acceptors (Lipinski definition) is 5. The summed E-state index contributed by atoms with van der Waals surface area (Å²) in [6.45, 7) is 3.90. The molecule has 1 heterocycles. The number of benzene rings is 1. The molecule has 106 valence electrons. The molecule has 6 heteroatoms. The van der Waals surface area contributed by atoms with Crippen molar-refractivity contribution in [3.63, 3.8) is 0 Å². The van der Waals surface area contributed by atoms with Crippen molar-refractivity contribution in [1.29, 1.82) is 0 Å². The van der Waals surface area contributed by atoms with Gasteiger partial charge in [-0.15, -0.1) is 0 Å². The first-order valence-corrected chi connectivity index (χ1v) is 6.28. The van der Waals surface area contributed by atoms with Crippen molar-refractivity contribution in [2.45, 2.75) is 20.3 Å². The van der Waals surface area contributed by atoms with Crippen LogP contribution < -0.4 is 16.0 Å². The molecule has 0 aliphatic rings. The van der Waals surface area contributed by atoms with Crippen LogP contribution in [0.5, 0.6) is 5.75 Å². The van der Waals surface area contributed by atoms with Gasteiger partial charge in [0.05, 0.1) is 7.11 Å². The fourth-order valence-corrected chi connectivity index (χ4v) is 2.07. The molecule has 20 heavy (non-hydrogen) atoms. The van der Waals surface area contributed by atoms with E-state index in [1.807, 2.05) is 13.8 Å². The number of nitrogen functional groups attached to an aromatic ring is 1. The Morgan fingerprint density at radius 3 is 2.70 bits per heavy atom. The summed E-state index contributed by atoms with van der Waals surface area (Å²) in [7, 11) is 1.42. The van der Waals surface area contributed by atoms with Crippen molar-refractivity contribution in [2.24, 2.45) is 5.84 Å². The predicted octanol–water partition coefficient (Wildman–Crippen LogP) is 2.45. The van der Waals surface area contributed by atoms with E-state index in [-0.39, 0.29) is 5.75 Å². The minimum Gasteiger partial charge on any atom is -0.494 e. The molecule has 5 nitrogen and oxygen atoms in total. The average molecular weight is 276 g/mol. The van der Waals surface area contributed by atoms with Crippen LogP contribution in [-0.4, -0.2) is 17.1 Å². The van der Waals surface area contributed by atoms with Crippen LogP contribution in [0.4, 0.5) is 10.2 Å². The lowest BCUT2D eigenvalue weighted by molar-refractivity contribution is 0.387. The van der Waals surface area contributed by atoms with Gasteiger partial charge in [-0.05, 0) is 31.5 Å². The number of rotatable bonds is 4. The lowest BCUT2D eigenvalue weighted by Crippen LogP contribution is -2.13. The predicted molar refractivity (Wildman–Crippen MR) is 75.9 cm³/mol. The van der Waals surface area contributed by atoms with E-state index >= 15 is 0 Å². The highest BCUT2D eigenvalue weighted by atomic mass is 19.1. The van der Waals surface area contributed by atoms with Crippen molar-refractivity contribution in [1.82, 2.24) is 9.97 Å². The molecule has 0 fully saturated rings. The second-order valence-corrected chi connectivity index (χ2v) is 4.31. The number of nitrogens with one attached hydrogen (secondary N) is 1. The van der Waals surface area contributed by atoms with Gasteiger partial charge in [-0.25, -0.2) is 20.2 Å². The molecule has 3 N–H and O–H groups in total. The van der Waals surface area contributed by atoms with Crippen LogP contribution in [0.3, 0.4) is 0 Å². The van der Waals surface area contributed by atoms with E-state index in [2.05, 4.69) is 15.4 Å². The molecule has 2 rings (SSSR count). The van der Waals surface area contributed by atoms with Crippen LogP contribution in [0, 0.1) is 12.7 Å². The van der Waals surface area contributed by atoms with Crippen LogP contribution in [0.25, 0.3) is 11.4 Å². The van der Waals surface area contributed by atoms with E-state index in [1.165, 1.54) is 13.2 Å². The fourth-order valence-electron chi connectivity index (χ4n) is 2.07. The first-order valence-electron chi connectivity index (χ1n) is 6.28. The molecule has 1 aromatic carbocycles. The summed E-state index contributed by atoms with van der Waals surface area (Å²) in [6, 6.07) is 4.50. The number of nitrogens with two attached hydrogens (primary N) is 1. The maximum atomic E-state index is 13.4. The topological polar surface area (TPSA) is 73.1 Å². The number of nitrogens with zero attached hydrogens (tertiary/aromatic N) is 2. The molecule has 0 amide bonds. The first kappa shape index (κ1) is 14.2. The van der Waals surface area contributed by atoms with E-state index in [0.717, 1.165) is 17.7 Å². The number of anilines is 1. The van der Waals surface area contributed by atoms with Gasteiger partial charge in [-0.3, -0.25) is 0 Å². The average Bonchev–Trinajstić information content (AvgIpc) is 2.46. The highest BCUT2D eigenvalue weighted by molar-refractivity contribution is 5.61. The van der Waals surface area contributed by atoms with E-state index in [4.69, 9.17) is 10.6 Å². The normalized spacial score (nSPS) is 10.4. The Bertz CT molecular complexity index is 631. The first-order chi connectivity index (χ1) is 9.60.